The second-order valence-electron chi connectivity index (χ2n) is 3.60. The lowest BCUT2D eigenvalue weighted by Crippen LogP contribution is -2.40. The van der Waals surface area contributed by atoms with Gasteiger partial charge < -0.3 is 4.74 Å². The predicted octanol–water partition coefficient (Wildman–Crippen LogP) is 3.30. The quantitative estimate of drug-likeness (QED) is 0.619. The zero-order valence-corrected chi connectivity index (χ0v) is 11.4. The van der Waals surface area contributed by atoms with Gasteiger partial charge in [0.1, 0.15) is 0 Å². The molecule has 0 atom stereocenters. The fourth-order valence-corrected chi connectivity index (χ4v) is 1.84. The maximum atomic E-state index is 13.4. The number of carbonyl (C=O) groups is 2. The van der Waals surface area contributed by atoms with E-state index in [1.54, 1.807) is 0 Å². The summed E-state index contributed by atoms with van der Waals surface area (Å²) in [4.78, 5) is 22.5. The molecule has 1 aromatic rings. The number of ketones is 1. The van der Waals surface area contributed by atoms with Crippen molar-refractivity contribution in [1.29, 1.82) is 0 Å². The smallest absolute Gasteiger partial charge is 0.400 e. The molecule has 0 N–H and O–H groups in total. The Labute approximate surface area is 118 Å². The predicted molar refractivity (Wildman–Crippen MR) is 66.8 cm³/mol. The summed E-state index contributed by atoms with van der Waals surface area (Å²) >= 11 is 11.5. The molecule has 0 saturated carbocycles. The minimum Gasteiger partial charge on any atom is -0.461 e. The number of carbonyl (C=O) groups excluding carboxylic acids is 2. The topological polar surface area (TPSA) is 43.4 Å². The Morgan fingerprint density at radius 1 is 1.26 bits per heavy atom. The van der Waals surface area contributed by atoms with Crippen molar-refractivity contribution in [2.24, 2.45) is 0 Å². The van der Waals surface area contributed by atoms with Crippen LogP contribution in [-0.2, 0) is 20.7 Å². The summed E-state index contributed by atoms with van der Waals surface area (Å²) in [5.74, 6) is -7.69. The SMILES string of the molecule is CCOC(=O)C(F)(F)C(=O)Cc1c(Cl)cccc1Cl. The maximum absolute atomic E-state index is 13.4. The van der Waals surface area contributed by atoms with Crippen molar-refractivity contribution in [3.63, 3.8) is 0 Å². The Morgan fingerprint density at radius 2 is 1.79 bits per heavy atom. The third kappa shape index (κ3) is 3.64. The molecule has 19 heavy (non-hydrogen) atoms. The molecule has 0 unspecified atom stereocenters. The summed E-state index contributed by atoms with van der Waals surface area (Å²) in [5.41, 5.74) is 0.0554. The molecule has 1 rings (SSSR count). The molecule has 0 radical (unpaired) electrons. The molecule has 0 aliphatic heterocycles. The van der Waals surface area contributed by atoms with Crippen LogP contribution in [0.1, 0.15) is 12.5 Å². The van der Waals surface area contributed by atoms with Gasteiger partial charge in [-0.05, 0) is 24.6 Å². The van der Waals surface area contributed by atoms with Crippen molar-refractivity contribution < 1.29 is 23.1 Å². The fraction of sp³-hybridized carbons (Fsp3) is 0.333. The van der Waals surface area contributed by atoms with Crippen molar-refractivity contribution in [3.05, 3.63) is 33.8 Å². The first-order valence-electron chi connectivity index (χ1n) is 5.32. The van der Waals surface area contributed by atoms with Crippen LogP contribution in [0.5, 0.6) is 0 Å². The van der Waals surface area contributed by atoms with Gasteiger partial charge in [0, 0.05) is 16.5 Å². The Morgan fingerprint density at radius 3 is 2.26 bits per heavy atom. The number of hydrogen-bond acceptors (Lipinski definition) is 3. The van der Waals surface area contributed by atoms with Crippen LogP contribution < -0.4 is 0 Å². The van der Waals surface area contributed by atoms with E-state index in [0.717, 1.165) is 0 Å². The van der Waals surface area contributed by atoms with Crippen LogP contribution in [0.3, 0.4) is 0 Å². The van der Waals surface area contributed by atoms with E-state index in [0.29, 0.717) is 0 Å². The molecular formula is C12H10Cl2F2O3. The minimum absolute atomic E-state index is 0.0554. The number of esters is 1. The number of ether oxygens (including phenoxy) is 1. The molecule has 104 valence electrons. The van der Waals surface area contributed by atoms with E-state index in [2.05, 4.69) is 4.74 Å². The second-order valence-corrected chi connectivity index (χ2v) is 4.41. The normalized spacial score (nSPS) is 11.2. The lowest BCUT2D eigenvalue weighted by Gasteiger charge is -2.14. The molecule has 0 saturated heterocycles. The van der Waals surface area contributed by atoms with Crippen LogP contribution in [-0.4, -0.2) is 24.3 Å². The van der Waals surface area contributed by atoms with Crippen LogP contribution in [0.25, 0.3) is 0 Å². The molecule has 0 fully saturated rings. The van der Waals surface area contributed by atoms with Gasteiger partial charge in [0.05, 0.1) is 6.61 Å². The number of Topliss-reactive ketones (excluding diaryl/α,β-unsaturated/α-hetero) is 1. The van der Waals surface area contributed by atoms with Gasteiger partial charge in [0.25, 0.3) is 0 Å². The summed E-state index contributed by atoms with van der Waals surface area (Å²) in [6, 6.07) is 4.35. The lowest BCUT2D eigenvalue weighted by molar-refractivity contribution is -0.176. The highest BCUT2D eigenvalue weighted by atomic mass is 35.5. The van der Waals surface area contributed by atoms with E-state index >= 15 is 0 Å². The molecule has 7 heteroatoms. The van der Waals surface area contributed by atoms with Crippen molar-refractivity contribution in [2.75, 3.05) is 6.61 Å². The van der Waals surface area contributed by atoms with E-state index in [1.165, 1.54) is 25.1 Å². The molecule has 0 aliphatic rings. The first-order chi connectivity index (χ1) is 8.80. The van der Waals surface area contributed by atoms with Crippen LogP contribution >= 0.6 is 23.2 Å². The third-order valence-electron chi connectivity index (χ3n) is 2.28. The Kier molecular flexibility index (Phi) is 5.26. The summed E-state index contributed by atoms with van der Waals surface area (Å²) in [6.07, 6.45) is -0.746. The maximum Gasteiger partial charge on any atom is 0.400 e. The standard InChI is InChI=1S/C12H10Cl2F2O3/c1-2-19-11(18)12(15,16)10(17)6-7-8(13)4-3-5-9(7)14/h3-5H,2,6H2,1H3. The molecule has 0 aliphatic carbocycles. The van der Waals surface area contributed by atoms with E-state index in [-0.39, 0.29) is 22.2 Å². The molecule has 0 amide bonds. The van der Waals surface area contributed by atoms with Gasteiger partial charge in [-0.3, -0.25) is 4.79 Å². The monoisotopic (exact) mass is 310 g/mol. The summed E-state index contributed by atoms with van der Waals surface area (Å²) < 4.78 is 31.0. The molecule has 0 heterocycles. The van der Waals surface area contributed by atoms with E-state index in [4.69, 9.17) is 23.2 Å². The Bertz CT molecular complexity index is 483. The number of rotatable bonds is 5. The van der Waals surface area contributed by atoms with Gasteiger partial charge in [-0.2, -0.15) is 8.78 Å². The molecular weight excluding hydrogens is 301 g/mol. The highest BCUT2D eigenvalue weighted by Gasteiger charge is 2.48. The number of hydrogen-bond donors (Lipinski definition) is 0. The van der Waals surface area contributed by atoms with Crippen molar-refractivity contribution in [1.82, 2.24) is 0 Å². The molecule has 0 aromatic heterocycles. The van der Waals surface area contributed by atoms with Crippen LogP contribution in [0.2, 0.25) is 10.0 Å². The van der Waals surface area contributed by atoms with Crippen molar-refractivity contribution >= 4 is 35.0 Å². The van der Waals surface area contributed by atoms with Gasteiger partial charge in [-0.15, -0.1) is 0 Å². The van der Waals surface area contributed by atoms with E-state index in [9.17, 15) is 18.4 Å². The average molecular weight is 311 g/mol. The van der Waals surface area contributed by atoms with Crippen molar-refractivity contribution in [2.45, 2.75) is 19.3 Å². The van der Waals surface area contributed by atoms with E-state index < -0.39 is 24.1 Å². The first kappa shape index (κ1) is 15.9. The summed E-state index contributed by atoms with van der Waals surface area (Å²) in [7, 11) is 0. The van der Waals surface area contributed by atoms with Gasteiger partial charge in [0.2, 0.25) is 5.78 Å². The summed E-state index contributed by atoms with van der Waals surface area (Å²) in [6.45, 7) is 1.12. The number of alkyl halides is 2. The Hall–Kier alpha value is -1.20. The average Bonchev–Trinajstić information content (AvgIpc) is 2.34. The fourth-order valence-electron chi connectivity index (χ4n) is 1.31. The van der Waals surface area contributed by atoms with Gasteiger partial charge in [0.15, 0.2) is 0 Å². The second kappa shape index (κ2) is 6.30. The highest BCUT2D eigenvalue weighted by molar-refractivity contribution is 6.36. The molecule has 0 bridgehead atoms. The van der Waals surface area contributed by atoms with Crippen LogP contribution in [0.4, 0.5) is 8.78 Å². The van der Waals surface area contributed by atoms with E-state index in [1.807, 2.05) is 0 Å². The highest BCUT2D eigenvalue weighted by Crippen LogP contribution is 2.28. The Balaban J connectivity index is 2.93. The van der Waals surface area contributed by atoms with Crippen molar-refractivity contribution in [3.8, 4) is 0 Å². The van der Waals surface area contributed by atoms with Gasteiger partial charge in [-0.1, -0.05) is 29.3 Å². The first-order valence-corrected chi connectivity index (χ1v) is 6.07. The largest absolute Gasteiger partial charge is 0.461 e. The van der Waals surface area contributed by atoms with Gasteiger partial charge in [-0.25, -0.2) is 4.79 Å². The molecule has 3 nitrogen and oxygen atoms in total. The lowest BCUT2D eigenvalue weighted by atomic mass is 10.0. The number of benzene rings is 1. The molecule has 1 aromatic carbocycles. The zero-order valence-electron chi connectivity index (χ0n) is 9.88. The van der Waals surface area contributed by atoms with Crippen LogP contribution in [0, 0.1) is 0 Å². The summed E-state index contributed by atoms with van der Waals surface area (Å²) in [5, 5.41) is 0.168. The number of halogens is 4. The third-order valence-corrected chi connectivity index (χ3v) is 2.99. The zero-order chi connectivity index (χ0) is 14.6. The van der Waals surface area contributed by atoms with Crippen LogP contribution in [0.15, 0.2) is 18.2 Å². The minimum atomic E-state index is -4.21. The van der Waals surface area contributed by atoms with Gasteiger partial charge >= 0.3 is 11.9 Å². The molecule has 0 spiro atoms.